The van der Waals surface area contributed by atoms with Gasteiger partial charge in [-0.25, -0.2) is 9.78 Å². The summed E-state index contributed by atoms with van der Waals surface area (Å²) in [5.41, 5.74) is 2.61. The fourth-order valence-electron chi connectivity index (χ4n) is 6.74. The largest absolute Gasteiger partial charge is 0.508 e. The highest BCUT2D eigenvalue weighted by Crippen LogP contribution is 2.40. The summed E-state index contributed by atoms with van der Waals surface area (Å²) in [6.45, 7) is 0.626. The molecule has 4 heterocycles. The molecule has 0 bridgehead atoms. The van der Waals surface area contributed by atoms with Crippen LogP contribution in [0.25, 0.3) is 11.2 Å². The minimum Gasteiger partial charge on any atom is -0.508 e. The molecule has 5 aromatic rings. The molecule has 1 saturated heterocycles. The lowest BCUT2D eigenvalue weighted by molar-refractivity contribution is 0.00469. The molecule has 2 fully saturated rings. The van der Waals surface area contributed by atoms with E-state index in [4.69, 9.17) is 9.97 Å². The van der Waals surface area contributed by atoms with E-state index in [-0.39, 0.29) is 43.2 Å². The van der Waals surface area contributed by atoms with Crippen LogP contribution in [0.5, 0.6) is 5.75 Å². The molecule has 6 atom stereocenters. The van der Waals surface area contributed by atoms with Crippen LogP contribution in [-0.2, 0) is 19.6 Å². The van der Waals surface area contributed by atoms with Gasteiger partial charge < -0.3 is 51.0 Å². The van der Waals surface area contributed by atoms with Crippen molar-refractivity contribution in [3.8, 4) is 5.75 Å². The van der Waals surface area contributed by atoms with Gasteiger partial charge in [0.1, 0.15) is 30.6 Å². The van der Waals surface area contributed by atoms with Crippen LogP contribution in [0.1, 0.15) is 41.9 Å². The number of phenols is 1. The van der Waals surface area contributed by atoms with Crippen molar-refractivity contribution in [2.24, 2.45) is 0 Å². The first-order valence-corrected chi connectivity index (χ1v) is 16.8. The number of aliphatic hydroxyl groups is 4. The van der Waals surface area contributed by atoms with E-state index in [1.54, 1.807) is 29.1 Å². The molecule has 0 radical (unpaired) electrons. The third-order valence-corrected chi connectivity index (χ3v) is 9.35. The number of nitrogens with one attached hydrogen (secondary N) is 3. The maximum Gasteiger partial charge on any atom is 0.315 e. The van der Waals surface area contributed by atoms with Crippen molar-refractivity contribution >= 4 is 29.0 Å². The van der Waals surface area contributed by atoms with E-state index in [0.29, 0.717) is 48.9 Å². The summed E-state index contributed by atoms with van der Waals surface area (Å²) in [7, 11) is 0. The van der Waals surface area contributed by atoms with E-state index in [0.717, 1.165) is 11.1 Å². The Bertz CT molecular complexity index is 1960. The number of aliphatic hydroxyl groups excluding tert-OH is 4. The van der Waals surface area contributed by atoms with Crippen molar-refractivity contribution in [1.82, 2.24) is 50.4 Å². The van der Waals surface area contributed by atoms with Gasteiger partial charge in [0.15, 0.2) is 22.8 Å². The summed E-state index contributed by atoms with van der Waals surface area (Å²) in [4.78, 5) is 30.3. The molecule has 1 unspecified atom stereocenters. The van der Waals surface area contributed by atoms with Crippen LogP contribution in [0, 0.1) is 0 Å². The summed E-state index contributed by atoms with van der Waals surface area (Å²) < 4.78 is 1.70. The van der Waals surface area contributed by atoms with Gasteiger partial charge >= 0.3 is 6.03 Å². The minimum absolute atomic E-state index is 0.0997. The number of carbonyl (C=O) groups excluding carboxylic acids is 1. The van der Waals surface area contributed by atoms with Crippen LogP contribution in [0.4, 0.5) is 16.6 Å². The average molecular weight is 701 g/mol. The van der Waals surface area contributed by atoms with Crippen LogP contribution >= 0.6 is 0 Å². The number of nitrogens with zero attached hydrogens (tertiary/aromatic N) is 9. The Kier molecular flexibility index (Phi) is 9.89. The Hall–Kier alpha value is -5.43. The quantitative estimate of drug-likeness (QED) is 0.0855. The molecular formula is C33H40N12O6. The number of amides is 2. The lowest BCUT2D eigenvalue weighted by Crippen LogP contribution is -2.43. The fraction of sp³-hybridized carbons (Fsp3) is 0.424. The average Bonchev–Trinajstić information content (AvgIpc) is 3.95. The number of imidazole rings is 1. The Morgan fingerprint density at radius 2 is 1.80 bits per heavy atom. The van der Waals surface area contributed by atoms with Crippen molar-refractivity contribution in [3.05, 3.63) is 77.9 Å². The zero-order valence-electron chi connectivity index (χ0n) is 27.6. The molecule has 268 valence electrons. The van der Waals surface area contributed by atoms with Crippen molar-refractivity contribution in [1.29, 1.82) is 0 Å². The molecule has 1 saturated carbocycles. The number of rotatable bonds is 12. The van der Waals surface area contributed by atoms with Gasteiger partial charge in [0.05, 0.1) is 25.0 Å². The summed E-state index contributed by atoms with van der Waals surface area (Å²) in [6.07, 6.45) is 0.446. The number of urea groups is 1. The normalized spacial score (nSPS) is 22.4. The van der Waals surface area contributed by atoms with Crippen molar-refractivity contribution in [3.63, 3.8) is 0 Å². The standard InChI is InChI=1S/C33H40N12O6/c46-16-22(11-19-5-2-1-3-6-19)36-30-27-31(44(18-35-27)24-13-25(29(50)28(24)49)45-41-26(17-47)40-42-45)39-32(38-30)43-10-9-21(15-43)37-33(51)34-14-20-7-4-8-23(48)12-20/h1-8,12,18,21-22,24-25,28-29,46-50H,9-11,13-17H2,(H2,34,37,51)(H,36,38,39)/t21?,22-,24+,25-,28-,29+/m0/s1. The van der Waals surface area contributed by atoms with Crippen LogP contribution in [-0.4, -0.2) is 115 Å². The van der Waals surface area contributed by atoms with Crippen LogP contribution in [0.3, 0.4) is 0 Å². The third kappa shape index (κ3) is 7.39. The lowest BCUT2D eigenvalue weighted by Gasteiger charge is -2.22. The van der Waals surface area contributed by atoms with Gasteiger partial charge in [0.25, 0.3) is 0 Å². The van der Waals surface area contributed by atoms with Crippen LogP contribution in [0.15, 0.2) is 60.9 Å². The van der Waals surface area contributed by atoms with E-state index < -0.39 is 36.9 Å². The van der Waals surface area contributed by atoms with Crippen LogP contribution < -0.4 is 20.9 Å². The van der Waals surface area contributed by atoms with Crippen LogP contribution in [0.2, 0.25) is 0 Å². The Labute approximate surface area is 291 Å². The number of carbonyl (C=O) groups is 1. The topological polar surface area (TPSA) is 245 Å². The van der Waals surface area contributed by atoms with E-state index in [1.807, 2.05) is 41.3 Å². The summed E-state index contributed by atoms with van der Waals surface area (Å²) >= 11 is 0. The first-order valence-electron chi connectivity index (χ1n) is 16.8. The number of aromatic hydroxyl groups is 1. The molecule has 18 nitrogen and oxygen atoms in total. The number of hydrogen-bond donors (Lipinski definition) is 8. The predicted molar refractivity (Wildman–Crippen MR) is 183 cm³/mol. The zero-order valence-corrected chi connectivity index (χ0v) is 27.6. The maximum absolute atomic E-state index is 12.7. The second-order valence-electron chi connectivity index (χ2n) is 12.9. The Balaban J connectivity index is 1.14. The van der Waals surface area contributed by atoms with Crippen molar-refractivity contribution in [2.45, 2.75) is 68.8 Å². The van der Waals surface area contributed by atoms with E-state index >= 15 is 0 Å². The third-order valence-electron chi connectivity index (χ3n) is 9.35. The van der Waals surface area contributed by atoms with E-state index in [9.17, 15) is 30.3 Å². The van der Waals surface area contributed by atoms with Gasteiger partial charge in [-0.1, -0.05) is 42.5 Å². The molecule has 2 aromatic carbocycles. The van der Waals surface area contributed by atoms with Gasteiger partial charge in [-0.05, 0) is 47.7 Å². The van der Waals surface area contributed by atoms with Gasteiger partial charge in [0.2, 0.25) is 5.95 Å². The van der Waals surface area contributed by atoms with E-state index in [1.165, 1.54) is 4.80 Å². The molecule has 2 amide bonds. The molecule has 8 N–H and O–H groups in total. The highest BCUT2D eigenvalue weighted by molar-refractivity contribution is 5.85. The number of aromatic nitrogens is 8. The molecule has 1 aliphatic carbocycles. The Morgan fingerprint density at radius 1 is 1.00 bits per heavy atom. The van der Waals surface area contributed by atoms with Gasteiger partial charge in [-0.15, -0.1) is 10.2 Å². The second-order valence-corrected chi connectivity index (χ2v) is 12.9. The number of hydrogen-bond acceptors (Lipinski definition) is 14. The van der Waals surface area contributed by atoms with Gasteiger partial charge in [-0.2, -0.15) is 14.8 Å². The maximum atomic E-state index is 12.7. The zero-order chi connectivity index (χ0) is 35.5. The van der Waals surface area contributed by atoms with E-state index in [2.05, 4.69) is 36.3 Å². The first kappa shape index (κ1) is 34.0. The smallest absolute Gasteiger partial charge is 0.315 e. The number of tetrazole rings is 1. The van der Waals surface area contributed by atoms with Crippen molar-refractivity contribution in [2.75, 3.05) is 29.9 Å². The highest BCUT2D eigenvalue weighted by Gasteiger charge is 2.45. The minimum atomic E-state index is -1.24. The van der Waals surface area contributed by atoms with Gasteiger partial charge in [0, 0.05) is 25.7 Å². The molecular weight excluding hydrogens is 660 g/mol. The number of phenolic OH excluding ortho intramolecular Hbond substituents is 1. The lowest BCUT2D eigenvalue weighted by atomic mass is 10.1. The summed E-state index contributed by atoms with van der Waals surface area (Å²) in [5.74, 6) is 0.977. The number of anilines is 2. The number of fused-ring (bicyclic) bond motifs is 1. The predicted octanol–water partition coefficient (Wildman–Crippen LogP) is 0.0122. The van der Waals surface area contributed by atoms with Gasteiger partial charge in [-0.3, -0.25) is 0 Å². The fourth-order valence-corrected chi connectivity index (χ4v) is 6.74. The number of benzene rings is 2. The summed E-state index contributed by atoms with van der Waals surface area (Å²) in [6, 6.07) is 14.1. The highest BCUT2D eigenvalue weighted by atomic mass is 16.3. The molecule has 1 aliphatic heterocycles. The first-order chi connectivity index (χ1) is 24.8. The SMILES string of the molecule is O=C(NCc1cccc(O)c1)NC1CCN(c2nc(N[C@H](CO)Cc3ccccc3)c3ncn([C@@H]4C[C@H](n5nnc(CO)n5)[C@@H](O)[C@H]4O)c3n2)C1. The molecule has 18 heteroatoms. The monoisotopic (exact) mass is 700 g/mol. The molecule has 7 rings (SSSR count). The molecule has 2 aliphatic rings. The molecule has 0 spiro atoms. The second kappa shape index (κ2) is 14.8. The Morgan fingerprint density at radius 3 is 2.57 bits per heavy atom. The summed E-state index contributed by atoms with van der Waals surface area (Å²) in [5, 5.41) is 72.8. The van der Waals surface area contributed by atoms with Crippen molar-refractivity contribution < 1.29 is 30.3 Å². The molecule has 51 heavy (non-hydrogen) atoms. The molecule has 3 aromatic heterocycles.